The maximum absolute atomic E-state index is 9.29. The molecule has 2 rings (SSSR count). The Hall–Kier alpha value is -1.88. The van der Waals surface area contributed by atoms with Gasteiger partial charge in [-0.3, -0.25) is 0 Å². The van der Waals surface area contributed by atoms with Gasteiger partial charge in [0.2, 0.25) is 0 Å². The maximum atomic E-state index is 9.29. The molecule has 96 valence electrons. The molecule has 0 fully saturated rings. The standard InChI is InChI=1S/C13H17N3O2/c1-9(2)18-8-12-13(14-15-16(12)3)10-4-6-11(17)7-5-10/h4-7,9,17H,8H2,1-3H3. The molecule has 5 nitrogen and oxygen atoms in total. The van der Waals surface area contributed by atoms with Gasteiger partial charge < -0.3 is 9.84 Å². The van der Waals surface area contributed by atoms with E-state index < -0.39 is 0 Å². The van der Waals surface area contributed by atoms with Crippen molar-refractivity contribution in [2.45, 2.75) is 26.6 Å². The number of rotatable bonds is 4. The lowest BCUT2D eigenvalue weighted by molar-refractivity contribution is 0.0619. The summed E-state index contributed by atoms with van der Waals surface area (Å²) < 4.78 is 7.32. The molecule has 0 atom stereocenters. The molecule has 18 heavy (non-hydrogen) atoms. The molecule has 0 saturated carbocycles. The Labute approximate surface area is 106 Å². The smallest absolute Gasteiger partial charge is 0.118 e. The largest absolute Gasteiger partial charge is 0.508 e. The summed E-state index contributed by atoms with van der Waals surface area (Å²) in [6.45, 7) is 4.45. The predicted octanol–water partition coefficient (Wildman–Crippen LogP) is 2.11. The molecule has 0 saturated heterocycles. The van der Waals surface area contributed by atoms with Gasteiger partial charge in [0.25, 0.3) is 0 Å². The van der Waals surface area contributed by atoms with Crippen molar-refractivity contribution < 1.29 is 9.84 Å². The molecule has 0 unspecified atom stereocenters. The normalized spacial score (nSPS) is 11.1. The first-order valence-corrected chi connectivity index (χ1v) is 5.87. The molecule has 0 spiro atoms. The van der Waals surface area contributed by atoms with Crippen molar-refractivity contribution in [3.05, 3.63) is 30.0 Å². The fourth-order valence-corrected chi connectivity index (χ4v) is 1.63. The lowest BCUT2D eigenvalue weighted by atomic mass is 10.1. The molecule has 0 bridgehead atoms. The molecule has 0 amide bonds. The lowest BCUT2D eigenvalue weighted by Crippen LogP contribution is -2.07. The highest BCUT2D eigenvalue weighted by molar-refractivity contribution is 5.62. The summed E-state index contributed by atoms with van der Waals surface area (Å²) in [7, 11) is 1.84. The van der Waals surface area contributed by atoms with Gasteiger partial charge in [0.05, 0.1) is 18.4 Å². The molecule has 1 N–H and O–H groups in total. The number of aryl methyl sites for hydroxylation is 1. The van der Waals surface area contributed by atoms with Crippen LogP contribution >= 0.6 is 0 Å². The average Bonchev–Trinajstić information content (AvgIpc) is 2.69. The van der Waals surface area contributed by atoms with Crippen molar-refractivity contribution >= 4 is 0 Å². The summed E-state index contributed by atoms with van der Waals surface area (Å²) in [5.41, 5.74) is 2.63. The van der Waals surface area contributed by atoms with Gasteiger partial charge in [0.1, 0.15) is 11.4 Å². The van der Waals surface area contributed by atoms with Crippen molar-refractivity contribution in [1.82, 2.24) is 15.0 Å². The maximum Gasteiger partial charge on any atom is 0.118 e. The van der Waals surface area contributed by atoms with Gasteiger partial charge in [-0.25, -0.2) is 4.68 Å². The van der Waals surface area contributed by atoms with Crippen LogP contribution in [-0.2, 0) is 18.4 Å². The Morgan fingerprint density at radius 2 is 1.94 bits per heavy atom. The van der Waals surface area contributed by atoms with E-state index in [9.17, 15) is 5.11 Å². The number of benzene rings is 1. The van der Waals surface area contributed by atoms with Crippen LogP contribution in [-0.4, -0.2) is 26.2 Å². The highest BCUT2D eigenvalue weighted by atomic mass is 16.5. The van der Waals surface area contributed by atoms with Crippen LogP contribution < -0.4 is 0 Å². The van der Waals surface area contributed by atoms with Gasteiger partial charge in [-0.05, 0) is 38.1 Å². The molecule has 0 radical (unpaired) electrons. The Morgan fingerprint density at radius 1 is 1.28 bits per heavy atom. The first kappa shape index (κ1) is 12.6. The van der Waals surface area contributed by atoms with Crippen LogP contribution in [0.25, 0.3) is 11.3 Å². The number of nitrogens with zero attached hydrogens (tertiary/aromatic N) is 3. The van der Waals surface area contributed by atoms with Crippen molar-refractivity contribution in [1.29, 1.82) is 0 Å². The van der Waals surface area contributed by atoms with Gasteiger partial charge in [0.15, 0.2) is 0 Å². The molecule has 0 aliphatic heterocycles. The molecule has 2 aromatic rings. The Balaban J connectivity index is 2.30. The monoisotopic (exact) mass is 247 g/mol. The van der Waals surface area contributed by atoms with Crippen LogP contribution in [0.15, 0.2) is 24.3 Å². The van der Waals surface area contributed by atoms with E-state index in [1.807, 2.05) is 33.0 Å². The molecule has 1 heterocycles. The summed E-state index contributed by atoms with van der Waals surface area (Å²) in [6, 6.07) is 6.91. The molecule has 5 heteroatoms. The van der Waals surface area contributed by atoms with Gasteiger partial charge in [-0.2, -0.15) is 0 Å². The topological polar surface area (TPSA) is 60.2 Å². The van der Waals surface area contributed by atoms with Crippen LogP contribution in [0.5, 0.6) is 5.75 Å². The minimum absolute atomic E-state index is 0.160. The second-order valence-corrected chi connectivity index (χ2v) is 4.41. The van der Waals surface area contributed by atoms with Gasteiger partial charge in [-0.1, -0.05) is 5.21 Å². The van der Waals surface area contributed by atoms with Crippen LogP contribution in [0.4, 0.5) is 0 Å². The predicted molar refractivity (Wildman–Crippen MR) is 68.0 cm³/mol. The second kappa shape index (κ2) is 5.18. The highest BCUT2D eigenvalue weighted by Gasteiger charge is 2.13. The van der Waals surface area contributed by atoms with Crippen molar-refractivity contribution in [3.8, 4) is 17.0 Å². The van der Waals surface area contributed by atoms with Crippen molar-refractivity contribution in [3.63, 3.8) is 0 Å². The van der Waals surface area contributed by atoms with Gasteiger partial charge in [-0.15, -0.1) is 5.10 Å². The van der Waals surface area contributed by atoms with E-state index in [0.717, 1.165) is 17.0 Å². The van der Waals surface area contributed by atoms with E-state index >= 15 is 0 Å². The fraction of sp³-hybridized carbons (Fsp3) is 0.385. The third kappa shape index (κ3) is 2.68. The Bertz CT molecular complexity index is 518. The second-order valence-electron chi connectivity index (χ2n) is 4.41. The summed E-state index contributed by atoms with van der Waals surface area (Å²) in [5.74, 6) is 0.239. The summed E-state index contributed by atoms with van der Waals surface area (Å²) in [4.78, 5) is 0. The molecule has 0 aliphatic rings. The first-order valence-electron chi connectivity index (χ1n) is 5.87. The summed E-state index contributed by atoms with van der Waals surface area (Å²) >= 11 is 0. The molecule has 1 aromatic carbocycles. The zero-order valence-electron chi connectivity index (χ0n) is 10.8. The highest BCUT2D eigenvalue weighted by Crippen LogP contribution is 2.23. The van der Waals surface area contributed by atoms with Crippen LogP contribution in [0.1, 0.15) is 19.5 Å². The number of phenolic OH excluding ortho intramolecular Hbond substituents is 1. The minimum Gasteiger partial charge on any atom is -0.508 e. The Morgan fingerprint density at radius 3 is 2.56 bits per heavy atom. The molecule has 0 aliphatic carbocycles. The van der Waals surface area contributed by atoms with E-state index in [1.165, 1.54) is 0 Å². The number of hydrogen-bond acceptors (Lipinski definition) is 4. The van der Waals surface area contributed by atoms with Crippen LogP contribution in [0.3, 0.4) is 0 Å². The number of phenols is 1. The average molecular weight is 247 g/mol. The quantitative estimate of drug-likeness (QED) is 0.899. The SMILES string of the molecule is CC(C)OCc1c(-c2ccc(O)cc2)nnn1C. The van der Waals surface area contributed by atoms with E-state index in [-0.39, 0.29) is 11.9 Å². The van der Waals surface area contributed by atoms with Crippen LogP contribution in [0.2, 0.25) is 0 Å². The summed E-state index contributed by atoms with van der Waals surface area (Å²) in [6.07, 6.45) is 0.160. The number of ether oxygens (including phenoxy) is 1. The van der Waals surface area contributed by atoms with E-state index in [2.05, 4.69) is 10.3 Å². The van der Waals surface area contributed by atoms with Gasteiger partial charge in [0, 0.05) is 12.6 Å². The van der Waals surface area contributed by atoms with E-state index in [4.69, 9.17) is 4.74 Å². The zero-order chi connectivity index (χ0) is 13.1. The number of hydrogen-bond donors (Lipinski definition) is 1. The number of aromatic nitrogens is 3. The molecular weight excluding hydrogens is 230 g/mol. The van der Waals surface area contributed by atoms with Crippen molar-refractivity contribution in [2.24, 2.45) is 7.05 Å². The summed E-state index contributed by atoms with van der Waals surface area (Å²) in [5, 5.41) is 17.5. The molecule has 1 aromatic heterocycles. The first-order chi connectivity index (χ1) is 8.58. The zero-order valence-corrected chi connectivity index (χ0v) is 10.8. The van der Waals surface area contributed by atoms with Crippen molar-refractivity contribution in [2.75, 3.05) is 0 Å². The lowest BCUT2D eigenvalue weighted by Gasteiger charge is -2.08. The van der Waals surface area contributed by atoms with Gasteiger partial charge >= 0.3 is 0 Å². The fourth-order valence-electron chi connectivity index (χ4n) is 1.63. The third-order valence-corrected chi connectivity index (χ3v) is 2.64. The third-order valence-electron chi connectivity index (χ3n) is 2.64. The van der Waals surface area contributed by atoms with Crippen LogP contribution in [0, 0.1) is 0 Å². The van der Waals surface area contributed by atoms with E-state index in [1.54, 1.807) is 16.8 Å². The number of aromatic hydroxyl groups is 1. The minimum atomic E-state index is 0.160. The molecular formula is C13H17N3O2. The van der Waals surface area contributed by atoms with E-state index in [0.29, 0.717) is 6.61 Å². The Kier molecular flexibility index (Phi) is 3.62.